The highest BCUT2D eigenvalue weighted by atomic mass is 28.4. The van der Waals surface area contributed by atoms with E-state index in [1.54, 1.807) is 12.1 Å². The highest BCUT2D eigenvalue weighted by molar-refractivity contribution is 6.84. The van der Waals surface area contributed by atoms with E-state index >= 15 is 0 Å². The molecule has 102 valence electrons. The average molecular weight is 283 g/mol. The first-order valence-electron chi connectivity index (χ1n) is 6.66. The smallest absolute Gasteiger partial charge is 0.173 e. The van der Waals surface area contributed by atoms with Gasteiger partial charge in [-0.15, -0.1) is 0 Å². The summed E-state index contributed by atoms with van der Waals surface area (Å²) >= 11 is 0. The lowest BCUT2D eigenvalue weighted by atomic mass is 10.1. The lowest BCUT2D eigenvalue weighted by Gasteiger charge is -2.31. The van der Waals surface area contributed by atoms with Crippen molar-refractivity contribution < 1.29 is 9.22 Å². The molecule has 18 heavy (non-hydrogen) atoms. The van der Waals surface area contributed by atoms with Gasteiger partial charge in [0.2, 0.25) is 0 Å². The van der Waals surface area contributed by atoms with Crippen LogP contribution in [-0.4, -0.2) is 21.7 Å². The molecule has 0 bridgehead atoms. The Morgan fingerprint density at radius 2 is 1.56 bits per heavy atom. The molecule has 0 aliphatic heterocycles. The van der Waals surface area contributed by atoms with Crippen LogP contribution in [0.25, 0.3) is 0 Å². The first-order chi connectivity index (χ1) is 8.18. The van der Waals surface area contributed by atoms with Gasteiger partial charge < -0.3 is 9.22 Å². The zero-order valence-corrected chi connectivity index (χ0v) is 14.3. The van der Waals surface area contributed by atoms with E-state index in [2.05, 4.69) is 32.7 Å². The summed E-state index contributed by atoms with van der Waals surface area (Å²) in [5.41, 5.74) is 1.30. The van der Waals surface area contributed by atoms with Crippen LogP contribution in [-0.2, 0) is 10.5 Å². The highest BCUT2D eigenvalue weighted by Gasteiger charge is 2.28. The summed E-state index contributed by atoms with van der Waals surface area (Å²) in [7, 11) is -2.89. The number of hydrogen-bond acceptors (Lipinski definition) is 2. The summed E-state index contributed by atoms with van der Waals surface area (Å²) < 4.78 is 6.32. The first-order valence-corrected chi connectivity index (χ1v) is 13.2. The number of aromatic hydroxyl groups is 1. The fraction of sp³-hybridized carbons (Fsp3) is 0.571. The molecule has 0 radical (unpaired) electrons. The number of hydrogen-bond donors (Lipinski definition) is 1. The molecule has 0 aromatic heterocycles. The maximum Gasteiger partial charge on any atom is 0.173 e. The zero-order chi connectivity index (χ0) is 13.8. The third-order valence-corrected chi connectivity index (χ3v) is 8.98. The Morgan fingerprint density at radius 1 is 1.00 bits per heavy atom. The van der Waals surface area contributed by atoms with Crippen molar-refractivity contribution in [1.29, 1.82) is 0 Å². The minimum Gasteiger partial charge on any atom is -0.508 e. The maximum absolute atomic E-state index is 9.23. The normalized spacial score (nSPS) is 12.7. The summed E-state index contributed by atoms with van der Waals surface area (Å²) in [5, 5.41) is 9.23. The zero-order valence-electron chi connectivity index (χ0n) is 12.3. The van der Waals surface area contributed by atoms with Crippen molar-refractivity contribution in [2.45, 2.75) is 51.6 Å². The van der Waals surface area contributed by atoms with Crippen LogP contribution in [0.2, 0.25) is 38.8 Å². The predicted molar refractivity (Wildman–Crippen MR) is 83.1 cm³/mol. The summed E-state index contributed by atoms with van der Waals surface area (Å²) in [6.07, 6.45) is 2.25. The number of phenolic OH excluding ortho intramolecular Hbond substituents is 1. The lowest BCUT2D eigenvalue weighted by molar-refractivity contribution is 0.475. The first kappa shape index (κ1) is 15.5. The van der Waals surface area contributed by atoms with Crippen LogP contribution in [0.1, 0.15) is 12.0 Å². The molecule has 0 heterocycles. The van der Waals surface area contributed by atoms with Crippen molar-refractivity contribution in [2.75, 3.05) is 0 Å². The number of aryl methyl sites for hydroxylation is 1. The fourth-order valence-electron chi connectivity index (χ4n) is 2.26. The molecule has 0 atom stereocenters. The van der Waals surface area contributed by atoms with Gasteiger partial charge in [-0.25, -0.2) is 0 Å². The van der Waals surface area contributed by atoms with E-state index in [0.717, 1.165) is 6.42 Å². The van der Waals surface area contributed by atoms with Gasteiger partial charge in [0.15, 0.2) is 16.6 Å². The summed E-state index contributed by atoms with van der Waals surface area (Å²) in [5.74, 6) is 0.343. The topological polar surface area (TPSA) is 29.5 Å². The second-order valence-corrected chi connectivity index (χ2v) is 15.6. The summed E-state index contributed by atoms with van der Waals surface area (Å²) in [6.45, 7) is 11.4. The quantitative estimate of drug-likeness (QED) is 0.785. The SMILES string of the molecule is C[Si](C)(C)O[Si](C)(C)CCCc1ccc(O)cc1. The lowest BCUT2D eigenvalue weighted by Crippen LogP contribution is -2.42. The van der Waals surface area contributed by atoms with Crippen LogP contribution in [0, 0.1) is 0 Å². The van der Waals surface area contributed by atoms with Crippen LogP contribution in [0.15, 0.2) is 24.3 Å². The van der Waals surface area contributed by atoms with Crippen LogP contribution in [0.4, 0.5) is 0 Å². The van der Waals surface area contributed by atoms with Crippen LogP contribution in [0.5, 0.6) is 5.75 Å². The Hall–Kier alpha value is -0.586. The standard InChI is InChI=1S/C14H26O2Si2/c1-17(2,3)16-18(4,5)12-6-7-13-8-10-14(15)11-9-13/h8-11,15H,6-7,12H2,1-5H3. The molecule has 2 nitrogen and oxygen atoms in total. The minimum absolute atomic E-state index is 0.343. The molecule has 0 fully saturated rings. The Balaban J connectivity index is 2.39. The third kappa shape index (κ3) is 6.37. The molecule has 1 aromatic carbocycles. The van der Waals surface area contributed by atoms with Gasteiger partial charge in [-0.3, -0.25) is 0 Å². The molecule has 0 aliphatic carbocycles. The molecule has 1 rings (SSSR count). The number of benzene rings is 1. The van der Waals surface area contributed by atoms with Gasteiger partial charge in [0.05, 0.1) is 0 Å². The maximum atomic E-state index is 9.23. The van der Waals surface area contributed by atoms with Gasteiger partial charge in [-0.05, 0) is 69.3 Å². The molecule has 0 spiro atoms. The highest BCUT2D eigenvalue weighted by Crippen LogP contribution is 2.21. The van der Waals surface area contributed by atoms with Crippen molar-refractivity contribution >= 4 is 16.6 Å². The van der Waals surface area contributed by atoms with Crippen molar-refractivity contribution in [1.82, 2.24) is 0 Å². The van der Waals surface area contributed by atoms with E-state index in [4.69, 9.17) is 4.12 Å². The van der Waals surface area contributed by atoms with Gasteiger partial charge >= 0.3 is 0 Å². The van der Waals surface area contributed by atoms with E-state index in [1.807, 2.05) is 12.1 Å². The second-order valence-electron chi connectivity index (χ2n) is 6.49. The van der Waals surface area contributed by atoms with Gasteiger partial charge in [-0.2, -0.15) is 0 Å². The molecule has 0 unspecified atom stereocenters. The van der Waals surface area contributed by atoms with Crippen LogP contribution < -0.4 is 0 Å². The Labute approximate surface area is 113 Å². The molecule has 1 aromatic rings. The largest absolute Gasteiger partial charge is 0.508 e. The fourth-order valence-corrected chi connectivity index (χ4v) is 10.3. The van der Waals surface area contributed by atoms with E-state index in [0.29, 0.717) is 5.75 Å². The second kappa shape index (κ2) is 6.04. The van der Waals surface area contributed by atoms with Gasteiger partial charge in [0, 0.05) is 0 Å². The van der Waals surface area contributed by atoms with Gasteiger partial charge in [0.25, 0.3) is 0 Å². The van der Waals surface area contributed by atoms with Crippen LogP contribution >= 0.6 is 0 Å². The van der Waals surface area contributed by atoms with Crippen molar-refractivity contribution in [3.05, 3.63) is 29.8 Å². The molecule has 0 aliphatic rings. The Kier molecular flexibility index (Phi) is 5.19. The van der Waals surface area contributed by atoms with E-state index < -0.39 is 16.6 Å². The molecule has 1 N–H and O–H groups in total. The summed E-state index contributed by atoms with van der Waals surface area (Å²) in [4.78, 5) is 0. The molecular weight excluding hydrogens is 256 g/mol. The molecular formula is C14H26O2Si2. The Bertz CT molecular complexity index is 366. The van der Waals surface area contributed by atoms with Crippen molar-refractivity contribution in [2.24, 2.45) is 0 Å². The third-order valence-electron chi connectivity index (χ3n) is 2.76. The molecule has 0 saturated heterocycles. The van der Waals surface area contributed by atoms with Crippen LogP contribution in [0.3, 0.4) is 0 Å². The van der Waals surface area contributed by atoms with Crippen molar-refractivity contribution in [3.8, 4) is 5.75 Å². The molecule has 0 amide bonds. The van der Waals surface area contributed by atoms with Crippen molar-refractivity contribution in [3.63, 3.8) is 0 Å². The van der Waals surface area contributed by atoms with Gasteiger partial charge in [-0.1, -0.05) is 12.1 Å². The molecule has 4 heteroatoms. The molecule has 0 saturated carbocycles. The number of rotatable bonds is 6. The van der Waals surface area contributed by atoms with E-state index in [-0.39, 0.29) is 0 Å². The predicted octanol–water partition coefficient (Wildman–Crippen LogP) is 4.38. The summed E-state index contributed by atoms with van der Waals surface area (Å²) in [6, 6.07) is 8.73. The van der Waals surface area contributed by atoms with Gasteiger partial charge in [0.1, 0.15) is 5.75 Å². The van der Waals surface area contributed by atoms with E-state index in [9.17, 15) is 5.11 Å². The minimum atomic E-state index is -1.49. The Morgan fingerprint density at radius 3 is 2.06 bits per heavy atom. The monoisotopic (exact) mass is 282 g/mol. The number of phenols is 1. The van der Waals surface area contributed by atoms with E-state index in [1.165, 1.54) is 18.0 Å². The average Bonchev–Trinajstić information content (AvgIpc) is 2.17.